The first-order valence-electron chi connectivity index (χ1n) is 7.31. The van der Waals surface area contributed by atoms with Gasteiger partial charge in [-0.2, -0.15) is 0 Å². The standard InChI is InChI=1S/C18H22/c1-4-12-16(2)17(3)14-10-11-15(14)18(16,17)13-8-6-5-7-9-13/h4-9,14-15H,1,10-12H2,2-3H3. The highest BCUT2D eigenvalue weighted by Gasteiger charge is 2.95. The van der Waals surface area contributed by atoms with Gasteiger partial charge in [0.05, 0.1) is 0 Å². The van der Waals surface area contributed by atoms with Gasteiger partial charge < -0.3 is 0 Å². The summed E-state index contributed by atoms with van der Waals surface area (Å²) in [5.41, 5.74) is 3.06. The van der Waals surface area contributed by atoms with Gasteiger partial charge in [-0.15, -0.1) is 6.58 Å². The summed E-state index contributed by atoms with van der Waals surface area (Å²) in [5.74, 6) is 1.94. The molecule has 0 bridgehead atoms. The molecule has 0 nitrogen and oxygen atoms in total. The van der Waals surface area contributed by atoms with Gasteiger partial charge in [-0.3, -0.25) is 0 Å². The Morgan fingerprint density at radius 1 is 1.17 bits per heavy atom. The molecule has 0 saturated heterocycles. The third-order valence-corrected chi connectivity index (χ3v) is 7.13. The molecule has 0 N–H and O–H groups in total. The zero-order valence-corrected chi connectivity index (χ0v) is 11.4. The third kappa shape index (κ3) is 0.735. The first-order valence-corrected chi connectivity index (χ1v) is 7.31. The first-order chi connectivity index (χ1) is 8.64. The predicted octanol–water partition coefficient (Wildman–Crippen LogP) is 4.57. The average molecular weight is 238 g/mol. The van der Waals surface area contributed by atoms with Crippen molar-refractivity contribution in [3.8, 4) is 0 Å². The van der Waals surface area contributed by atoms with Crippen LogP contribution in [0.5, 0.6) is 0 Å². The summed E-state index contributed by atoms with van der Waals surface area (Å²) in [5, 5.41) is 0. The highest BCUT2D eigenvalue weighted by molar-refractivity contribution is 5.55. The molecule has 94 valence electrons. The van der Waals surface area contributed by atoms with E-state index in [-0.39, 0.29) is 0 Å². The van der Waals surface area contributed by atoms with Crippen molar-refractivity contribution < 1.29 is 0 Å². The molecule has 0 radical (unpaired) electrons. The number of fused-ring (bicyclic) bond motifs is 4. The van der Waals surface area contributed by atoms with E-state index in [1.165, 1.54) is 19.3 Å². The molecule has 3 saturated carbocycles. The molecule has 0 heterocycles. The maximum absolute atomic E-state index is 4.01. The molecule has 3 aliphatic carbocycles. The minimum atomic E-state index is 0.453. The Balaban J connectivity index is 1.87. The number of hydrogen-bond acceptors (Lipinski definition) is 0. The van der Waals surface area contributed by atoms with Gasteiger partial charge in [0.15, 0.2) is 0 Å². The summed E-state index contributed by atoms with van der Waals surface area (Å²) in [6, 6.07) is 11.3. The lowest BCUT2D eigenvalue weighted by Gasteiger charge is -2.58. The van der Waals surface area contributed by atoms with Crippen LogP contribution in [0.4, 0.5) is 0 Å². The Kier molecular flexibility index (Phi) is 1.76. The van der Waals surface area contributed by atoms with Gasteiger partial charge in [0, 0.05) is 5.41 Å². The fourth-order valence-electron chi connectivity index (χ4n) is 6.36. The summed E-state index contributed by atoms with van der Waals surface area (Å²) >= 11 is 0. The lowest BCUT2D eigenvalue weighted by Crippen LogP contribution is -2.54. The molecular formula is C18H22. The minimum Gasteiger partial charge on any atom is -0.103 e. The van der Waals surface area contributed by atoms with Gasteiger partial charge in [0.25, 0.3) is 0 Å². The molecule has 0 aromatic heterocycles. The van der Waals surface area contributed by atoms with Crippen molar-refractivity contribution in [2.75, 3.05) is 0 Å². The summed E-state index contributed by atoms with van der Waals surface area (Å²) < 4.78 is 0. The lowest BCUT2D eigenvalue weighted by molar-refractivity contribution is -0.0483. The van der Waals surface area contributed by atoms with E-state index in [0.29, 0.717) is 16.2 Å². The van der Waals surface area contributed by atoms with Crippen LogP contribution in [0.3, 0.4) is 0 Å². The largest absolute Gasteiger partial charge is 0.103 e. The molecule has 18 heavy (non-hydrogen) atoms. The van der Waals surface area contributed by atoms with E-state index < -0.39 is 0 Å². The van der Waals surface area contributed by atoms with E-state index in [1.54, 1.807) is 5.56 Å². The summed E-state index contributed by atoms with van der Waals surface area (Å²) in [6.07, 6.45) is 6.23. The highest BCUT2D eigenvalue weighted by atomic mass is 15.0. The predicted molar refractivity (Wildman–Crippen MR) is 75.4 cm³/mol. The highest BCUT2D eigenvalue weighted by Crippen LogP contribution is 2.97. The second-order valence-corrected chi connectivity index (χ2v) is 6.99. The minimum absolute atomic E-state index is 0.453. The SMILES string of the molecule is C=CCC1(C)C2(C)C3CCC3C12c1ccccc1. The second-order valence-electron chi connectivity index (χ2n) is 6.99. The molecule has 0 aliphatic heterocycles. The molecular weight excluding hydrogens is 216 g/mol. The third-order valence-electron chi connectivity index (χ3n) is 7.13. The van der Waals surface area contributed by atoms with Crippen LogP contribution in [0, 0.1) is 22.7 Å². The molecule has 0 amide bonds. The zero-order chi connectivity index (χ0) is 12.6. The van der Waals surface area contributed by atoms with Gasteiger partial charge >= 0.3 is 0 Å². The molecule has 3 fully saturated rings. The quantitative estimate of drug-likeness (QED) is 0.677. The van der Waals surface area contributed by atoms with Crippen molar-refractivity contribution in [3.63, 3.8) is 0 Å². The zero-order valence-electron chi connectivity index (χ0n) is 11.4. The molecule has 3 aliphatic rings. The topological polar surface area (TPSA) is 0 Å². The van der Waals surface area contributed by atoms with Crippen molar-refractivity contribution in [2.45, 2.75) is 38.5 Å². The van der Waals surface area contributed by atoms with E-state index in [9.17, 15) is 0 Å². The molecule has 0 spiro atoms. The van der Waals surface area contributed by atoms with Crippen LogP contribution >= 0.6 is 0 Å². The van der Waals surface area contributed by atoms with Crippen LogP contribution in [-0.2, 0) is 5.41 Å². The Hall–Kier alpha value is -1.04. The fourth-order valence-corrected chi connectivity index (χ4v) is 6.36. The van der Waals surface area contributed by atoms with Crippen LogP contribution in [0.2, 0.25) is 0 Å². The van der Waals surface area contributed by atoms with Crippen LogP contribution < -0.4 is 0 Å². The lowest BCUT2D eigenvalue weighted by atomic mass is 9.46. The molecule has 4 rings (SSSR count). The summed E-state index contributed by atoms with van der Waals surface area (Å²) in [7, 11) is 0. The Bertz CT molecular complexity index is 516. The van der Waals surface area contributed by atoms with Crippen molar-refractivity contribution in [2.24, 2.45) is 22.7 Å². The van der Waals surface area contributed by atoms with Gasteiger partial charge in [-0.05, 0) is 47.5 Å². The van der Waals surface area contributed by atoms with Crippen molar-refractivity contribution >= 4 is 0 Å². The maximum atomic E-state index is 4.01. The smallest absolute Gasteiger partial charge is 0.0108 e. The van der Waals surface area contributed by atoms with Crippen LogP contribution in [0.25, 0.3) is 0 Å². The molecule has 5 atom stereocenters. The number of rotatable bonds is 3. The van der Waals surface area contributed by atoms with Gasteiger partial charge in [0.1, 0.15) is 0 Å². The molecule has 0 heteroatoms. The summed E-state index contributed by atoms with van der Waals surface area (Å²) in [6.45, 7) is 9.07. The van der Waals surface area contributed by atoms with Crippen molar-refractivity contribution in [1.29, 1.82) is 0 Å². The van der Waals surface area contributed by atoms with E-state index in [1.807, 2.05) is 0 Å². The molecule has 5 unspecified atom stereocenters. The molecule has 1 aromatic carbocycles. The fraction of sp³-hybridized carbons (Fsp3) is 0.556. The number of hydrogen-bond donors (Lipinski definition) is 0. The van der Waals surface area contributed by atoms with E-state index >= 15 is 0 Å². The van der Waals surface area contributed by atoms with Crippen molar-refractivity contribution in [3.05, 3.63) is 48.6 Å². The van der Waals surface area contributed by atoms with Crippen LogP contribution in [0.15, 0.2) is 43.0 Å². The van der Waals surface area contributed by atoms with Gasteiger partial charge in [0.2, 0.25) is 0 Å². The number of allylic oxidation sites excluding steroid dienone is 1. The van der Waals surface area contributed by atoms with Gasteiger partial charge in [-0.1, -0.05) is 50.3 Å². The molecule has 1 aromatic rings. The second kappa shape index (κ2) is 2.92. The maximum Gasteiger partial charge on any atom is 0.0108 e. The summed E-state index contributed by atoms with van der Waals surface area (Å²) in [4.78, 5) is 0. The average Bonchev–Trinajstić information content (AvgIpc) is 2.69. The van der Waals surface area contributed by atoms with Crippen molar-refractivity contribution in [1.82, 2.24) is 0 Å². The van der Waals surface area contributed by atoms with Crippen LogP contribution in [0.1, 0.15) is 38.7 Å². The van der Waals surface area contributed by atoms with E-state index in [4.69, 9.17) is 0 Å². The Morgan fingerprint density at radius 3 is 2.39 bits per heavy atom. The normalized spacial score (nSPS) is 51.4. The van der Waals surface area contributed by atoms with E-state index in [0.717, 1.165) is 11.8 Å². The number of benzene rings is 1. The first kappa shape index (κ1) is 10.8. The monoisotopic (exact) mass is 238 g/mol. The van der Waals surface area contributed by atoms with E-state index in [2.05, 4.69) is 56.8 Å². The Labute approximate surface area is 110 Å². The van der Waals surface area contributed by atoms with Crippen LogP contribution in [-0.4, -0.2) is 0 Å². The van der Waals surface area contributed by atoms with Gasteiger partial charge in [-0.25, -0.2) is 0 Å². The Morgan fingerprint density at radius 2 is 1.83 bits per heavy atom.